The van der Waals surface area contributed by atoms with Crippen LogP contribution < -0.4 is 10.6 Å². The van der Waals surface area contributed by atoms with Gasteiger partial charge in [-0.1, -0.05) is 17.7 Å². The third-order valence-corrected chi connectivity index (χ3v) is 5.14. The Labute approximate surface area is 157 Å². The normalized spacial score (nSPS) is 17.8. The lowest BCUT2D eigenvalue weighted by molar-refractivity contribution is -0.120. The lowest BCUT2D eigenvalue weighted by Crippen LogP contribution is -2.24. The van der Waals surface area contributed by atoms with E-state index in [0.717, 1.165) is 60.5 Å². The molecule has 1 unspecified atom stereocenters. The fourth-order valence-corrected chi connectivity index (χ4v) is 3.59. The van der Waals surface area contributed by atoms with Gasteiger partial charge in [0.1, 0.15) is 11.3 Å². The van der Waals surface area contributed by atoms with Gasteiger partial charge in [0.25, 0.3) is 0 Å². The van der Waals surface area contributed by atoms with Crippen molar-refractivity contribution in [2.24, 2.45) is 5.92 Å². The van der Waals surface area contributed by atoms with Crippen LogP contribution in [0.25, 0.3) is 22.4 Å². The molecule has 1 amide bonds. The Morgan fingerprint density at radius 1 is 1.12 bits per heavy atom. The SMILES string of the molecule is O=C(Nc1ccc(-c2nc3c(Cl)cccc3[nH]2)cc1)C1CCCNCC1. The number of rotatable bonds is 3. The molecule has 6 heteroatoms. The predicted molar refractivity (Wildman–Crippen MR) is 105 cm³/mol. The van der Waals surface area contributed by atoms with Crippen LogP contribution in [0.4, 0.5) is 5.69 Å². The predicted octanol–water partition coefficient (Wildman–Crippen LogP) is 4.21. The minimum atomic E-state index is 0.0854. The first-order valence-corrected chi connectivity index (χ1v) is 9.35. The van der Waals surface area contributed by atoms with Gasteiger partial charge in [0.05, 0.1) is 10.5 Å². The third-order valence-electron chi connectivity index (χ3n) is 4.84. The monoisotopic (exact) mass is 368 g/mol. The van der Waals surface area contributed by atoms with Gasteiger partial charge in [0, 0.05) is 17.2 Å². The Kier molecular flexibility index (Phi) is 4.91. The quantitative estimate of drug-likeness (QED) is 0.648. The number of carbonyl (C=O) groups excluding carboxylic acids is 1. The Bertz CT molecular complexity index is 911. The number of H-pyrrole nitrogens is 1. The summed E-state index contributed by atoms with van der Waals surface area (Å²) >= 11 is 6.19. The third kappa shape index (κ3) is 3.59. The summed E-state index contributed by atoms with van der Waals surface area (Å²) < 4.78 is 0. The van der Waals surface area contributed by atoms with E-state index in [1.54, 1.807) is 0 Å². The number of hydrogen-bond donors (Lipinski definition) is 3. The molecule has 1 aliphatic heterocycles. The number of aromatic amines is 1. The number of para-hydroxylation sites is 1. The lowest BCUT2D eigenvalue weighted by Gasteiger charge is -2.14. The molecule has 4 rings (SSSR count). The number of carbonyl (C=O) groups is 1. The molecule has 2 heterocycles. The van der Waals surface area contributed by atoms with Crippen molar-refractivity contribution in [2.75, 3.05) is 18.4 Å². The van der Waals surface area contributed by atoms with Crippen molar-refractivity contribution in [1.82, 2.24) is 15.3 Å². The molecule has 1 saturated heterocycles. The van der Waals surface area contributed by atoms with Gasteiger partial charge in [-0.15, -0.1) is 0 Å². The highest BCUT2D eigenvalue weighted by molar-refractivity contribution is 6.35. The maximum absolute atomic E-state index is 12.5. The molecule has 5 nitrogen and oxygen atoms in total. The molecule has 2 aromatic carbocycles. The van der Waals surface area contributed by atoms with Crippen LogP contribution >= 0.6 is 11.6 Å². The maximum Gasteiger partial charge on any atom is 0.227 e. The first-order chi connectivity index (χ1) is 12.7. The maximum atomic E-state index is 12.5. The standard InChI is InChI=1S/C20H21ClN4O/c21-16-4-1-5-17-18(16)25-19(24-17)13-6-8-15(9-7-13)23-20(26)14-3-2-11-22-12-10-14/h1,4-9,14,22H,2-3,10-12H2,(H,23,26)(H,24,25). The Balaban J connectivity index is 1.49. The van der Waals surface area contributed by atoms with Crippen molar-refractivity contribution < 1.29 is 4.79 Å². The van der Waals surface area contributed by atoms with E-state index in [0.29, 0.717) is 5.02 Å². The van der Waals surface area contributed by atoms with E-state index in [2.05, 4.69) is 20.6 Å². The van der Waals surface area contributed by atoms with Crippen molar-refractivity contribution in [3.63, 3.8) is 0 Å². The summed E-state index contributed by atoms with van der Waals surface area (Å²) in [7, 11) is 0. The van der Waals surface area contributed by atoms with Gasteiger partial charge < -0.3 is 15.6 Å². The molecule has 0 aliphatic carbocycles. The summed E-state index contributed by atoms with van der Waals surface area (Å²) in [6.45, 7) is 1.91. The summed E-state index contributed by atoms with van der Waals surface area (Å²) in [6.07, 6.45) is 2.88. The minimum absolute atomic E-state index is 0.0854. The average molecular weight is 369 g/mol. The van der Waals surface area contributed by atoms with Crippen LogP contribution in [0.3, 0.4) is 0 Å². The number of benzene rings is 2. The molecule has 3 N–H and O–H groups in total. The molecule has 0 bridgehead atoms. The average Bonchev–Trinajstić information content (AvgIpc) is 2.91. The fraction of sp³-hybridized carbons (Fsp3) is 0.300. The van der Waals surface area contributed by atoms with E-state index in [9.17, 15) is 4.79 Å². The van der Waals surface area contributed by atoms with Crippen molar-refractivity contribution in [3.8, 4) is 11.4 Å². The van der Waals surface area contributed by atoms with Crippen molar-refractivity contribution in [1.29, 1.82) is 0 Å². The van der Waals surface area contributed by atoms with Crippen molar-refractivity contribution in [3.05, 3.63) is 47.5 Å². The zero-order valence-electron chi connectivity index (χ0n) is 14.4. The molecule has 1 aromatic heterocycles. The number of imidazole rings is 1. The number of nitrogens with one attached hydrogen (secondary N) is 3. The molecular weight excluding hydrogens is 348 g/mol. The zero-order valence-corrected chi connectivity index (χ0v) is 15.1. The van der Waals surface area contributed by atoms with Gasteiger partial charge in [0.15, 0.2) is 0 Å². The lowest BCUT2D eigenvalue weighted by atomic mass is 9.99. The molecule has 134 valence electrons. The fourth-order valence-electron chi connectivity index (χ4n) is 3.37. The van der Waals surface area contributed by atoms with Crippen LogP contribution in [-0.2, 0) is 4.79 Å². The second-order valence-corrected chi connectivity index (χ2v) is 7.07. The highest BCUT2D eigenvalue weighted by Gasteiger charge is 2.19. The second kappa shape index (κ2) is 7.48. The molecule has 1 atom stereocenters. The highest BCUT2D eigenvalue weighted by Crippen LogP contribution is 2.26. The van der Waals surface area contributed by atoms with Crippen LogP contribution in [0.1, 0.15) is 19.3 Å². The van der Waals surface area contributed by atoms with Gasteiger partial charge in [-0.2, -0.15) is 0 Å². The van der Waals surface area contributed by atoms with Gasteiger partial charge in [0.2, 0.25) is 5.91 Å². The Morgan fingerprint density at radius 3 is 2.77 bits per heavy atom. The number of nitrogens with zero attached hydrogens (tertiary/aromatic N) is 1. The Morgan fingerprint density at radius 2 is 1.96 bits per heavy atom. The van der Waals surface area contributed by atoms with E-state index in [-0.39, 0.29) is 11.8 Å². The van der Waals surface area contributed by atoms with E-state index in [1.165, 1.54) is 0 Å². The largest absolute Gasteiger partial charge is 0.338 e. The number of anilines is 1. The number of halogens is 1. The molecule has 0 spiro atoms. The summed E-state index contributed by atoms with van der Waals surface area (Å²) in [6, 6.07) is 13.4. The summed E-state index contributed by atoms with van der Waals surface area (Å²) in [5.41, 5.74) is 3.44. The molecule has 0 saturated carbocycles. The van der Waals surface area contributed by atoms with Crippen LogP contribution in [0.15, 0.2) is 42.5 Å². The summed E-state index contributed by atoms with van der Waals surface area (Å²) in [5, 5.41) is 7.00. The van der Waals surface area contributed by atoms with E-state index in [1.807, 2.05) is 42.5 Å². The topological polar surface area (TPSA) is 69.8 Å². The molecule has 3 aromatic rings. The minimum Gasteiger partial charge on any atom is -0.338 e. The van der Waals surface area contributed by atoms with Crippen LogP contribution in [0, 0.1) is 5.92 Å². The molecular formula is C20H21ClN4O. The van der Waals surface area contributed by atoms with Gasteiger partial charge in [-0.3, -0.25) is 4.79 Å². The highest BCUT2D eigenvalue weighted by atomic mass is 35.5. The van der Waals surface area contributed by atoms with Crippen molar-refractivity contribution >= 4 is 34.2 Å². The van der Waals surface area contributed by atoms with E-state index in [4.69, 9.17) is 11.6 Å². The van der Waals surface area contributed by atoms with Gasteiger partial charge in [-0.25, -0.2) is 4.98 Å². The molecule has 26 heavy (non-hydrogen) atoms. The van der Waals surface area contributed by atoms with Gasteiger partial charge in [-0.05, 0) is 68.8 Å². The number of hydrogen-bond acceptors (Lipinski definition) is 3. The zero-order chi connectivity index (χ0) is 17.9. The van der Waals surface area contributed by atoms with Crippen LogP contribution in [0.2, 0.25) is 5.02 Å². The molecule has 0 radical (unpaired) electrons. The molecule has 1 fully saturated rings. The molecule has 1 aliphatic rings. The van der Waals surface area contributed by atoms with Crippen LogP contribution in [-0.4, -0.2) is 29.0 Å². The first-order valence-electron chi connectivity index (χ1n) is 8.97. The smallest absolute Gasteiger partial charge is 0.227 e. The van der Waals surface area contributed by atoms with Gasteiger partial charge >= 0.3 is 0 Å². The first kappa shape index (κ1) is 17.1. The number of amides is 1. The summed E-state index contributed by atoms with van der Waals surface area (Å²) in [5.74, 6) is 0.958. The Hall–Kier alpha value is -2.37. The number of fused-ring (bicyclic) bond motifs is 1. The van der Waals surface area contributed by atoms with E-state index >= 15 is 0 Å². The second-order valence-electron chi connectivity index (χ2n) is 6.67. The summed E-state index contributed by atoms with van der Waals surface area (Å²) in [4.78, 5) is 20.3. The number of aromatic nitrogens is 2. The van der Waals surface area contributed by atoms with Crippen LogP contribution in [0.5, 0.6) is 0 Å². The van der Waals surface area contributed by atoms with E-state index < -0.39 is 0 Å². The van der Waals surface area contributed by atoms with Crippen molar-refractivity contribution in [2.45, 2.75) is 19.3 Å².